The summed E-state index contributed by atoms with van der Waals surface area (Å²) < 4.78 is 44.3. The summed E-state index contributed by atoms with van der Waals surface area (Å²) in [4.78, 5) is 7.84. The zero-order chi connectivity index (χ0) is 16.2. The Bertz CT molecular complexity index is 453. The van der Waals surface area contributed by atoms with Gasteiger partial charge in [-0.15, -0.1) is 0 Å². The van der Waals surface area contributed by atoms with Gasteiger partial charge in [0, 0.05) is 18.7 Å². The molecule has 0 aromatic heterocycles. The summed E-state index contributed by atoms with van der Waals surface area (Å²) >= 11 is 0. The van der Waals surface area contributed by atoms with Crippen molar-refractivity contribution in [3.63, 3.8) is 0 Å². The molecule has 0 spiro atoms. The van der Waals surface area contributed by atoms with Gasteiger partial charge < -0.3 is 9.84 Å². The Morgan fingerprint density at radius 3 is 2.86 bits per heavy atom. The molecule has 2 aliphatic rings. The number of aliphatic hydroxyl groups excluding tert-OH is 1. The van der Waals surface area contributed by atoms with E-state index in [0.717, 1.165) is 0 Å². The maximum Gasteiger partial charge on any atom is 0.424 e. The van der Waals surface area contributed by atoms with Crippen LogP contribution in [0.15, 0.2) is 9.98 Å². The molecule has 2 atom stereocenters. The van der Waals surface area contributed by atoms with Crippen molar-refractivity contribution in [3.8, 4) is 0 Å². The van der Waals surface area contributed by atoms with Crippen molar-refractivity contribution >= 4 is 11.6 Å². The average Bonchev–Trinajstić information content (AvgIpc) is 2.95. The molecule has 2 aliphatic heterocycles. The second kappa shape index (κ2) is 6.93. The standard InChI is InChI=1S/C13H21F3N4O2/c1-12(18-8-10-17-4-6-22-10)7-9(3-2-5-21)19-11(20-12)13(14,15)16/h11,18,20-21H,2-8H2,1H3/t11?,12-/m1/s1. The molecule has 0 fully saturated rings. The lowest BCUT2D eigenvalue weighted by Crippen LogP contribution is -2.64. The fourth-order valence-electron chi connectivity index (χ4n) is 2.48. The van der Waals surface area contributed by atoms with Gasteiger partial charge in [0.1, 0.15) is 6.61 Å². The number of aliphatic hydroxyl groups is 1. The van der Waals surface area contributed by atoms with E-state index in [0.29, 0.717) is 44.0 Å². The predicted octanol–water partition coefficient (Wildman–Crippen LogP) is 0.816. The maximum absolute atomic E-state index is 13.0. The van der Waals surface area contributed by atoms with Crippen LogP contribution >= 0.6 is 0 Å². The Hall–Kier alpha value is -1.19. The van der Waals surface area contributed by atoms with Gasteiger partial charge in [-0.3, -0.25) is 20.6 Å². The zero-order valence-electron chi connectivity index (χ0n) is 12.4. The monoisotopic (exact) mass is 322 g/mol. The van der Waals surface area contributed by atoms with Crippen molar-refractivity contribution in [2.75, 3.05) is 26.3 Å². The van der Waals surface area contributed by atoms with E-state index in [-0.39, 0.29) is 13.2 Å². The third-order valence-electron chi connectivity index (χ3n) is 3.54. The largest absolute Gasteiger partial charge is 0.478 e. The highest BCUT2D eigenvalue weighted by Crippen LogP contribution is 2.28. The second-order valence-corrected chi connectivity index (χ2v) is 5.60. The van der Waals surface area contributed by atoms with E-state index in [9.17, 15) is 13.2 Å². The molecule has 9 heteroatoms. The second-order valence-electron chi connectivity index (χ2n) is 5.60. The van der Waals surface area contributed by atoms with Crippen LogP contribution in [-0.2, 0) is 4.74 Å². The van der Waals surface area contributed by atoms with Crippen LogP contribution in [0, 0.1) is 0 Å². The minimum Gasteiger partial charge on any atom is -0.478 e. The molecule has 126 valence electrons. The number of hydrogen-bond acceptors (Lipinski definition) is 6. The van der Waals surface area contributed by atoms with Crippen LogP contribution < -0.4 is 10.6 Å². The van der Waals surface area contributed by atoms with E-state index in [2.05, 4.69) is 20.6 Å². The van der Waals surface area contributed by atoms with E-state index in [1.54, 1.807) is 6.92 Å². The lowest BCUT2D eigenvalue weighted by Gasteiger charge is -2.39. The van der Waals surface area contributed by atoms with E-state index in [4.69, 9.17) is 9.84 Å². The van der Waals surface area contributed by atoms with Crippen LogP contribution in [0.4, 0.5) is 13.2 Å². The number of nitrogens with zero attached hydrogens (tertiary/aromatic N) is 2. The molecule has 0 saturated carbocycles. The highest BCUT2D eigenvalue weighted by atomic mass is 19.4. The lowest BCUT2D eigenvalue weighted by molar-refractivity contribution is -0.160. The fraction of sp³-hybridized carbons (Fsp3) is 0.846. The van der Waals surface area contributed by atoms with Crippen LogP contribution in [0.1, 0.15) is 26.2 Å². The minimum atomic E-state index is -4.46. The number of hydrogen-bond donors (Lipinski definition) is 3. The molecule has 3 N–H and O–H groups in total. The minimum absolute atomic E-state index is 0.0715. The molecule has 0 radical (unpaired) electrons. The summed E-state index contributed by atoms with van der Waals surface area (Å²) in [5.74, 6) is 0.506. The quantitative estimate of drug-likeness (QED) is 0.676. The van der Waals surface area contributed by atoms with Gasteiger partial charge in [0.15, 0.2) is 12.1 Å². The number of ether oxygens (including phenoxy) is 1. The van der Waals surface area contributed by atoms with Gasteiger partial charge in [-0.25, -0.2) is 0 Å². The first-order chi connectivity index (χ1) is 10.3. The Morgan fingerprint density at radius 1 is 1.50 bits per heavy atom. The Morgan fingerprint density at radius 2 is 2.27 bits per heavy atom. The van der Waals surface area contributed by atoms with Crippen molar-refractivity contribution in [2.24, 2.45) is 9.98 Å². The number of rotatable bonds is 6. The van der Waals surface area contributed by atoms with Crippen LogP contribution in [-0.4, -0.2) is 61.0 Å². The van der Waals surface area contributed by atoms with Crippen molar-refractivity contribution < 1.29 is 23.0 Å². The van der Waals surface area contributed by atoms with Crippen molar-refractivity contribution in [1.29, 1.82) is 0 Å². The SMILES string of the molecule is C[C@]1(NCC2=NCCO2)CC(CCCO)=NC(C(F)(F)F)N1. The number of alkyl halides is 3. The topological polar surface area (TPSA) is 78.2 Å². The first-order valence-electron chi connectivity index (χ1n) is 7.24. The van der Waals surface area contributed by atoms with Gasteiger partial charge in [0.05, 0.1) is 18.8 Å². The summed E-state index contributed by atoms with van der Waals surface area (Å²) in [6.45, 7) is 2.94. The summed E-state index contributed by atoms with van der Waals surface area (Å²) in [6, 6.07) is 0. The highest BCUT2D eigenvalue weighted by molar-refractivity contribution is 5.86. The summed E-state index contributed by atoms with van der Waals surface area (Å²) in [7, 11) is 0. The van der Waals surface area contributed by atoms with E-state index < -0.39 is 18.0 Å². The van der Waals surface area contributed by atoms with Crippen molar-refractivity contribution in [2.45, 2.75) is 44.2 Å². The van der Waals surface area contributed by atoms with Crippen LogP contribution in [0.5, 0.6) is 0 Å². The molecule has 2 heterocycles. The number of nitrogens with one attached hydrogen (secondary N) is 2. The molecular weight excluding hydrogens is 301 g/mol. The normalized spacial score (nSPS) is 29.0. The van der Waals surface area contributed by atoms with Gasteiger partial charge in [0.2, 0.25) is 0 Å². The Labute approximate surface area is 126 Å². The van der Waals surface area contributed by atoms with E-state index in [1.807, 2.05) is 0 Å². The third kappa shape index (κ3) is 4.65. The predicted molar refractivity (Wildman–Crippen MR) is 76.0 cm³/mol. The van der Waals surface area contributed by atoms with Gasteiger partial charge >= 0.3 is 6.18 Å². The first kappa shape index (κ1) is 17.2. The number of halogens is 3. The van der Waals surface area contributed by atoms with E-state index in [1.165, 1.54) is 0 Å². The average molecular weight is 322 g/mol. The van der Waals surface area contributed by atoms with Gasteiger partial charge in [-0.1, -0.05) is 0 Å². The Balaban J connectivity index is 2.05. The molecule has 0 saturated heterocycles. The molecule has 0 bridgehead atoms. The van der Waals surface area contributed by atoms with Gasteiger partial charge in [-0.2, -0.15) is 13.2 Å². The van der Waals surface area contributed by atoms with Crippen molar-refractivity contribution in [3.05, 3.63) is 0 Å². The zero-order valence-corrected chi connectivity index (χ0v) is 12.4. The molecule has 6 nitrogen and oxygen atoms in total. The molecule has 0 aliphatic carbocycles. The van der Waals surface area contributed by atoms with E-state index >= 15 is 0 Å². The van der Waals surface area contributed by atoms with Gasteiger partial charge in [0.25, 0.3) is 0 Å². The Kier molecular flexibility index (Phi) is 5.41. The fourth-order valence-corrected chi connectivity index (χ4v) is 2.48. The van der Waals surface area contributed by atoms with Crippen LogP contribution in [0.3, 0.4) is 0 Å². The summed E-state index contributed by atoms with van der Waals surface area (Å²) in [5.41, 5.74) is -0.513. The molecular formula is C13H21F3N4O2. The highest BCUT2D eigenvalue weighted by Gasteiger charge is 2.46. The molecule has 0 aromatic rings. The van der Waals surface area contributed by atoms with Crippen LogP contribution in [0.25, 0.3) is 0 Å². The molecule has 2 rings (SSSR count). The molecule has 1 unspecified atom stereocenters. The summed E-state index contributed by atoms with van der Waals surface area (Å²) in [5, 5.41) is 14.4. The first-order valence-corrected chi connectivity index (χ1v) is 7.24. The molecule has 0 amide bonds. The van der Waals surface area contributed by atoms with Crippen LogP contribution in [0.2, 0.25) is 0 Å². The smallest absolute Gasteiger partial charge is 0.424 e. The molecule has 0 aromatic carbocycles. The van der Waals surface area contributed by atoms with Gasteiger partial charge in [-0.05, 0) is 19.8 Å². The number of aliphatic imine (C=N–C) groups is 2. The molecule has 22 heavy (non-hydrogen) atoms. The summed E-state index contributed by atoms with van der Waals surface area (Å²) in [6.07, 6.45) is -5.34. The van der Waals surface area contributed by atoms with Crippen molar-refractivity contribution in [1.82, 2.24) is 10.6 Å². The maximum atomic E-state index is 13.0. The lowest BCUT2D eigenvalue weighted by atomic mass is 9.98. The third-order valence-corrected chi connectivity index (χ3v) is 3.54.